The summed E-state index contributed by atoms with van der Waals surface area (Å²) in [5, 5.41) is 0.687. The van der Waals surface area contributed by atoms with E-state index in [0.29, 0.717) is 15.7 Å². The summed E-state index contributed by atoms with van der Waals surface area (Å²) in [6.07, 6.45) is 0.185. The van der Waals surface area contributed by atoms with E-state index in [9.17, 15) is 14.0 Å². The number of nitrogens with one attached hydrogen (secondary N) is 1. The van der Waals surface area contributed by atoms with Crippen molar-refractivity contribution >= 4 is 46.4 Å². The summed E-state index contributed by atoms with van der Waals surface area (Å²) in [5.41, 5.74) is 1.42. The van der Waals surface area contributed by atoms with E-state index in [4.69, 9.17) is 23.2 Å². The van der Waals surface area contributed by atoms with Crippen molar-refractivity contribution in [1.82, 2.24) is 0 Å². The second-order valence-corrected chi connectivity index (χ2v) is 7.86. The van der Waals surface area contributed by atoms with E-state index in [-0.39, 0.29) is 24.1 Å². The summed E-state index contributed by atoms with van der Waals surface area (Å²) in [7, 11) is 0. The van der Waals surface area contributed by atoms with E-state index in [2.05, 4.69) is 4.90 Å². The highest BCUT2D eigenvalue weighted by molar-refractivity contribution is 6.42. The van der Waals surface area contributed by atoms with Crippen LogP contribution in [0.15, 0.2) is 42.5 Å². The zero-order valence-corrected chi connectivity index (χ0v) is 16.5. The van der Waals surface area contributed by atoms with Gasteiger partial charge in [-0.15, -0.1) is 0 Å². The number of imide groups is 1. The summed E-state index contributed by atoms with van der Waals surface area (Å²) in [6.45, 7) is 2.95. The molecule has 146 valence electrons. The maximum absolute atomic E-state index is 13.1. The fourth-order valence-corrected chi connectivity index (χ4v) is 4.19. The van der Waals surface area contributed by atoms with Crippen molar-refractivity contribution in [3.05, 3.63) is 58.3 Å². The minimum atomic E-state index is -0.391. The highest BCUT2D eigenvalue weighted by atomic mass is 35.5. The van der Waals surface area contributed by atoms with Gasteiger partial charge in [-0.3, -0.25) is 9.59 Å². The number of carbonyl (C=O) groups is 2. The lowest BCUT2D eigenvalue weighted by molar-refractivity contribution is -0.915. The van der Waals surface area contributed by atoms with Crippen LogP contribution in [0.25, 0.3) is 0 Å². The van der Waals surface area contributed by atoms with Crippen molar-refractivity contribution in [3.63, 3.8) is 0 Å². The molecule has 2 aliphatic heterocycles. The lowest BCUT2D eigenvalue weighted by atomic mass is 10.1. The molecule has 2 heterocycles. The third kappa shape index (κ3) is 3.60. The Morgan fingerprint density at radius 1 is 0.929 bits per heavy atom. The van der Waals surface area contributed by atoms with Crippen molar-refractivity contribution in [3.8, 4) is 0 Å². The van der Waals surface area contributed by atoms with Crippen LogP contribution in [0.4, 0.5) is 15.8 Å². The number of nitrogens with zero attached hydrogens (tertiary/aromatic N) is 2. The van der Waals surface area contributed by atoms with E-state index in [1.165, 1.54) is 17.0 Å². The quantitative estimate of drug-likeness (QED) is 0.770. The fourth-order valence-electron chi connectivity index (χ4n) is 3.90. The lowest BCUT2D eigenvalue weighted by Gasteiger charge is -2.35. The number of piperazine rings is 1. The molecule has 8 heteroatoms. The standard InChI is InChI=1S/C20H18Cl2FN3O2/c21-16-6-5-15(11-17(16)22)26-19(27)12-18(20(26)28)25-9-7-24(8-10-25)14-3-1-13(23)2-4-14/h1-6,11,18H,7-10,12H2/p+1/t18-/m1/s1. The van der Waals surface area contributed by atoms with Crippen LogP contribution in [0.2, 0.25) is 10.0 Å². The van der Waals surface area contributed by atoms with Crippen LogP contribution in [0.3, 0.4) is 0 Å². The van der Waals surface area contributed by atoms with Gasteiger partial charge in [0.05, 0.1) is 48.3 Å². The SMILES string of the molecule is O=C1C[C@@H]([NH+]2CCN(c3ccc(F)cc3)CC2)C(=O)N1c1ccc(Cl)c(Cl)c1. The van der Waals surface area contributed by atoms with E-state index in [1.807, 2.05) is 0 Å². The van der Waals surface area contributed by atoms with E-state index in [1.54, 1.807) is 30.3 Å². The molecular formula is C20H19Cl2FN3O2+. The van der Waals surface area contributed by atoms with Gasteiger partial charge in [-0.25, -0.2) is 9.29 Å². The van der Waals surface area contributed by atoms with Crippen molar-refractivity contribution in [2.45, 2.75) is 12.5 Å². The number of rotatable bonds is 3. The summed E-state index contributed by atoms with van der Waals surface area (Å²) in [4.78, 5) is 30.0. The monoisotopic (exact) mass is 422 g/mol. The average Bonchev–Trinajstić information content (AvgIpc) is 2.99. The van der Waals surface area contributed by atoms with Crippen LogP contribution in [-0.2, 0) is 9.59 Å². The van der Waals surface area contributed by atoms with Crippen LogP contribution in [0, 0.1) is 5.82 Å². The molecule has 2 amide bonds. The molecule has 0 bridgehead atoms. The third-order valence-corrected chi connectivity index (χ3v) is 6.14. The number of carbonyl (C=O) groups excluding carboxylic acids is 2. The number of hydrogen-bond acceptors (Lipinski definition) is 3. The molecule has 1 atom stereocenters. The zero-order valence-electron chi connectivity index (χ0n) is 15.0. The Bertz CT molecular complexity index is 914. The molecule has 0 unspecified atom stereocenters. The van der Waals surface area contributed by atoms with Crippen molar-refractivity contribution in [2.24, 2.45) is 0 Å². The summed E-state index contributed by atoms with van der Waals surface area (Å²) in [5.74, 6) is -0.680. The fraction of sp³-hybridized carbons (Fsp3) is 0.300. The minimum Gasteiger partial charge on any atom is -0.360 e. The molecule has 0 aromatic heterocycles. The Kier molecular flexibility index (Phi) is 5.27. The van der Waals surface area contributed by atoms with Crippen molar-refractivity contribution in [1.29, 1.82) is 0 Å². The van der Waals surface area contributed by atoms with Crippen LogP contribution in [-0.4, -0.2) is 44.0 Å². The number of hydrogen-bond donors (Lipinski definition) is 1. The molecule has 0 radical (unpaired) electrons. The predicted octanol–water partition coefficient (Wildman–Crippen LogP) is 2.17. The van der Waals surface area contributed by atoms with Crippen LogP contribution >= 0.6 is 23.2 Å². The number of quaternary nitrogens is 1. The lowest BCUT2D eigenvalue weighted by Crippen LogP contribution is -3.19. The average molecular weight is 423 g/mol. The summed E-state index contributed by atoms with van der Waals surface area (Å²) >= 11 is 12.0. The highest BCUT2D eigenvalue weighted by Crippen LogP contribution is 2.29. The van der Waals surface area contributed by atoms with Crippen LogP contribution in [0.5, 0.6) is 0 Å². The van der Waals surface area contributed by atoms with Crippen LogP contribution < -0.4 is 14.7 Å². The van der Waals surface area contributed by atoms with Gasteiger partial charge in [-0.2, -0.15) is 0 Å². The van der Waals surface area contributed by atoms with Gasteiger partial charge in [0.2, 0.25) is 5.91 Å². The number of benzene rings is 2. The van der Waals surface area contributed by atoms with Crippen molar-refractivity contribution < 1.29 is 18.9 Å². The largest absolute Gasteiger partial charge is 0.360 e. The topological polar surface area (TPSA) is 45.1 Å². The molecule has 2 aromatic rings. The first kappa shape index (κ1) is 19.2. The van der Waals surface area contributed by atoms with Gasteiger partial charge in [-0.1, -0.05) is 23.2 Å². The molecule has 1 N–H and O–H groups in total. The highest BCUT2D eigenvalue weighted by Gasteiger charge is 2.46. The van der Waals surface area contributed by atoms with Gasteiger partial charge in [0.25, 0.3) is 5.91 Å². The van der Waals surface area contributed by atoms with Gasteiger partial charge in [0.15, 0.2) is 6.04 Å². The second kappa shape index (κ2) is 7.70. The molecule has 2 aliphatic rings. The molecule has 5 nitrogen and oxygen atoms in total. The number of anilines is 2. The third-order valence-electron chi connectivity index (χ3n) is 5.40. The maximum atomic E-state index is 13.1. The van der Waals surface area contributed by atoms with Gasteiger partial charge >= 0.3 is 0 Å². The Morgan fingerprint density at radius 3 is 2.21 bits per heavy atom. The molecule has 2 saturated heterocycles. The Balaban J connectivity index is 1.44. The van der Waals surface area contributed by atoms with Crippen LogP contribution in [0.1, 0.15) is 6.42 Å². The zero-order chi connectivity index (χ0) is 19.8. The normalized spacial score (nSPS) is 20.9. The molecule has 28 heavy (non-hydrogen) atoms. The van der Waals surface area contributed by atoms with E-state index >= 15 is 0 Å². The molecule has 0 aliphatic carbocycles. The number of amides is 2. The molecule has 0 spiro atoms. The van der Waals surface area contributed by atoms with E-state index in [0.717, 1.165) is 36.8 Å². The first-order chi connectivity index (χ1) is 13.4. The number of halogens is 3. The maximum Gasteiger partial charge on any atom is 0.292 e. The van der Waals surface area contributed by atoms with E-state index < -0.39 is 6.04 Å². The first-order valence-electron chi connectivity index (χ1n) is 9.11. The van der Waals surface area contributed by atoms with Gasteiger partial charge in [0.1, 0.15) is 5.82 Å². The van der Waals surface area contributed by atoms with Gasteiger partial charge < -0.3 is 9.80 Å². The van der Waals surface area contributed by atoms with Crippen molar-refractivity contribution in [2.75, 3.05) is 36.0 Å². The Hall–Kier alpha value is -2.15. The molecule has 0 saturated carbocycles. The smallest absolute Gasteiger partial charge is 0.292 e. The molecule has 2 fully saturated rings. The molecule has 4 rings (SSSR count). The summed E-state index contributed by atoms with van der Waals surface area (Å²) in [6, 6.07) is 10.8. The van der Waals surface area contributed by atoms with Gasteiger partial charge in [-0.05, 0) is 42.5 Å². The Morgan fingerprint density at radius 2 is 1.57 bits per heavy atom. The Labute approximate surface area is 172 Å². The molecule has 2 aromatic carbocycles. The van der Waals surface area contributed by atoms with Gasteiger partial charge in [0, 0.05) is 5.69 Å². The second-order valence-electron chi connectivity index (χ2n) is 7.04. The first-order valence-corrected chi connectivity index (χ1v) is 9.86. The molecular weight excluding hydrogens is 404 g/mol. The summed E-state index contributed by atoms with van der Waals surface area (Å²) < 4.78 is 13.1. The minimum absolute atomic E-state index is 0.185. The predicted molar refractivity (Wildman–Crippen MR) is 107 cm³/mol.